The molecule has 0 unspecified atom stereocenters. The first-order valence-corrected chi connectivity index (χ1v) is 19.1. The van der Waals surface area contributed by atoms with Gasteiger partial charge in [-0.25, -0.2) is 0 Å². The van der Waals surface area contributed by atoms with Gasteiger partial charge < -0.3 is 9.32 Å². The van der Waals surface area contributed by atoms with Crippen molar-refractivity contribution in [2.24, 2.45) is 0 Å². The zero-order valence-corrected chi connectivity index (χ0v) is 30.7. The van der Waals surface area contributed by atoms with E-state index in [1.54, 1.807) is 0 Å². The third kappa shape index (κ3) is 6.14. The van der Waals surface area contributed by atoms with Gasteiger partial charge in [-0.3, -0.25) is 0 Å². The first-order valence-electron chi connectivity index (χ1n) is 19.1. The van der Waals surface area contributed by atoms with Gasteiger partial charge in [-0.15, -0.1) is 0 Å². The second kappa shape index (κ2) is 14.4. The molecule has 0 aliphatic carbocycles. The van der Waals surface area contributed by atoms with Gasteiger partial charge >= 0.3 is 0 Å². The number of nitrogens with zero attached hydrogens (tertiary/aromatic N) is 1. The fraction of sp³-hybridized carbons (Fsp3) is 0. The number of furan rings is 1. The summed E-state index contributed by atoms with van der Waals surface area (Å²) in [7, 11) is 0. The van der Waals surface area contributed by atoms with Crippen LogP contribution in [0.25, 0.3) is 77.6 Å². The van der Waals surface area contributed by atoms with Gasteiger partial charge in [-0.1, -0.05) is 176 Å². The van der Waals surface area contributed by atoms with Crippen LogP contribution in [0.1, 0.15) is 0 Å². The number of anilines is 3. The molecule has 1 aromatic heterocycles. The van der Waals surface area contributed by atoms with Crippen LogP contribution in [0.15, 0.2) is 229 Å². The Morgan fingerprint density at radius 2 is 0.768 bits per heavy atom. The Morgan fingerprint density at radius 1 is 0.268 bits per heavy atom. The first-order chi connectivity index (χ1) is 27.8. The molecule has 1 heterocycles. The summed E-state index contributed by atoms with van der Waals surface area (Å²) in [5, 5.41) is 2.27. The molecular formula is C54H37NO. The minimum Gasteiger partial charge on any atom is -0.456 e. The van der Waals surface area contributed by atoms with E-state index in [-0.39, 0.29) is 0 Å². The van der Waals surface area contributed by atoms with Crippen LogP contribution in [0.5, 0.6) is 0 Å². The molecule has 0 spiro atoms. The second-order valence-corrected chi connectivity index (χ2v) is 14.1. The topological polar surface area (TPSA) is 16.4 Å². The predicted octanol–water partition coefficient (Wildman–Crippen LogP) is 15.4. The van der Waals surface area contributed by atoms with Gasteiger partial charge in [0.15, 0.2) is 0 Å². The number of fused-ring (bicyclic) bond motifs is 3. The molecule has 0 amide bonds. The normalized spacial score (nSPS) is 11.2. The van der Waals surface area contributed by atoms with E-state index in [0.29, 0.717) is 0 Å². The Kier molecular flexibility index (Phi) is 8.55. The van der Waals surface area contributed by atoms with E-state index in [9.17, 15) is 0 Å². The molecule has 0 N–H and O–H groups in total. The van der Waals surface area contributed by atoms with Crippen molar-refractivity contribution in [3.63, 3.8) is 0 Å². The van der Waals surface area contributed by atoms with Crippen LogP contribution in [-0.2, 0) is 0 Å². The lowest BCUT2D eigenvalue weighted by Crippen LogP contribution is -2.11. The molecule has 0 radical (unpaired) electrons. The zero-order chi connectivity index (χ0) is 37.3. The molecule has 2 heteroatoms. The van der Waals surface area contributed by atoms with Crippen LogP contribution in [-0.4, -0.2) is 0 Å². The van der Waals surface area contributed by atoms with Crippen molar-refractivity contribution < 1.29 is 4.42 Å². The van der Waals surface area contributed by atoms with Crippen LogP contribution < -0.4 is 4.90 Å². The molecule has 10 aromatic rings. The molecular weight excluding hydrogens is 679 g/mol. The van der Waals surface area contributed by atoms with Gasteiger partial charge in [-0.05, 0) is 98.6 Å². The smallest absolute Gasteiger partial charge is 0.136 e. The molecule has 0 aliphatic rings. The summed E-state index contributed by atoms with van der Waals surface area (Å²) < 4.78 is 6.26. The highest BCUT2D eigenvalue weighted by Gasteiger charge is 2.21. The first kappa shape index (κ1) is 33.2. The molecule has 264 valence electrons. The molecule has 0 fully saturated rings. The van der Waals surface area contributed by atoms with Gasteiger partial charge in [0, 0.05) is 27.7 Å². The summed E-state index contributed by atoms with van der Waals surface area (Å²) in [6, 6.07) is 80.1. The van der Waals surface area contributed by atoms with Crippen molar-refractivity contribution in [3.05, 3.63) is 224 Å². The maximum Gasteiger partial charge on any atom is 0.136 e. The lowest BCUT2D eigenvalue weighted by molar-refractivity contribution is 0.669. The summed E-state index contributed by atoms with van der Waals surface area (Å²) in [6.07, 6.45) is 0. The number of hydrogen-bond donors (Lipinski definition) is 0. The lowest BCUT2D eigenvalue weighted by Gasteiger charge is -2.29. The highest BCUT2D eigenvalue weighted by molar-refractivity contribution is 6.06. The third-order valence-corrected chi connectivity index (χ3v) is 10.7. The summed E-state index contributed by atoms with van der Waals surface area (Å²) in [5.74, 6) is 0. The van der Waals surface area contributed by atoms with E-state index in [1.165, 1.54) is 38.9 Å². The van der Waals surface area contributed by atoms with Crippen LogP contribution in [0, 0.1) is 0 Å². The van der Waals surface area contributed by atoms with E-state index >= 15 is 0 Å². The minimum absolute atomic E-state index is 0.897. The fourth-order valence-corrected chi connectivity index (χ4v) is 8.03. The van der Waals surface area contributed by atoms with Crippen molar-refractivity contribution in [2.75, 3.05) is 4.90 Å². The Balaban J connectivity index is 1.12. The van der Waals surface area contributed by atoms with Crippen molar-refractivity contribution in [1.82, 2.24) is 0 Å². The predicted molar refractivity (Wildman–Crippen MR) is 236 cm³/mol. The molecule has 0 bridgehead atoms. The monoisotopic (exact) mass is 715 g/mol. The van der Waals surface area contributed by atoms with E-state index in [4.69, 9.17) is 4.42 Å². The van der Waals surface area contributed by atoms with Crippen LogP contribution in [0.3, 0.4) is 0 Å². The fourth-order valence-electron chi connectivity index (χ4n) is 8.03. The Labute approximate surface area is 327 Å². The molecule has 9 aromatic carbocycles. The number of hydrogen-bond acceptors (Lipinski definition) is 2. The van der Waals surface area contributed by atoms with E-state index in [2.05, 4.69) is 217 Å². The van der Waals surface area contributed by atoms with Crippen LogP contribution in [0.2, 0.25) is 0 Å². The SMILES string of the molecule is c1ccc(-c2cccc(N(c3ccc(-c4ccc5c(c4)oc4ccccc45)cc3)c3ccccc3-c3ccccc3-c3ccccc3-c3ccccc3)c2)cc1. The number of para-hydroxylation sites is 2. The lowest BCUT2D eigenvalue weighted by atomic mass is 9.88. The second-order valence-electron chi connectivity index (χ2n) is 14.1. The third-order valence-electron chi connectivity index (χ3n) is 10.7. The van der Waals surface area contributed by atoms with Crippen LogP contribution in [0.4, 0.5) is 17.1 Å². The van der Waals surface area contributed by atoms with Gasteiger partial charge in [0.1, 0.15) is 11.2 Å². The van der Waals surface area contributed by atoms with Crippen molar-refractivity contribution >= 4 is 39.0 Å². The molecule has 0 saturated carbocycles. The molecule has 10 rings (SSSR count). The highest BCUT2D eigenvalue weighted by atomic mass is 16.3. The van der Waals surface area contributed by atoms with E-state index < -0.39 is 0 Å². The molecule has 2 nitrogen and oxygen atoms in total. The molecule has 0 aliphatic heterocycles. The molecule has 0 atom stereocenters. The van der Waals surface area contributed by atoms with E-state index in [0.717, 1.165) is 55.7 Å². The highest BCUT2D eigenvalue weighted by Crippen LogP contribution is 2.46. The molecule has 0 saturated heterocycles. The maximum atomic E-state index is 6.26. The summed E-state index contributed by atoms with van der Waals surface area (Å²) in [4.78, 5) is 2.40. The van der Waals surface area contributed by atoms with Crippen molar-refractivity contribution in [3.8, 4) is 55.6 Å². The summed E-state index contributed by atoms with van der Waals surface area (Å²) in [5.41, 5.74) is 16.8. The van der Waals surface area contributed by atoms with Gasteiger partial charge in [-0.2, -0.15) is 0 Å². The summed E-state index contributed by atoms with van der Waals surface area (Å²) >= 11 is 0. The van der Waals surface area contributed by atoms with Crippen LogP contribution >= 0.6 is 0 Å². The minimum atomic E-state index is 0.897. The number of rotatable bonds is 8. The van der Waals surface area contributed by atoms with Gasteiger partial charge in [0.25, 0.3) is 0 Å². The quantitative estimate of drug-likeness (QED) is 0.156. The Morgan fingerprint density at radius 3 is 1.52 bits per heavy atom. The largest absolute Gasteiger partial charge is 0.456 e. The van der Waals surface area contributed by atoms with Crippen molar-refractivity contribution in [1.29, 1.82) is 0 Å². The molecule has 56 heavy (non-hydrogen) atoms. The average molecular weight is 716 g/mol. The average Bonchev–Trinajstić information content (AvgIpc) is 3.66. The summed E-state index contributed by atoms with van der Waals surface area (Å²) in [6.45, 7) is 0. The Bertz CT molecular complexity index is 2960. The van der Waals surface area contributed by atoms with E-state index in [1.807, 2.05) is 12.1 Å². The Hall–Kier alpha value is -7.42. The maximum absolute atomic E-state index is 6.26. The van der Waals surface area contributed by atoms with Gasteiger partial charge in [0.05, 0.1) is 5.69 Å². The zero-order valence-electron chi connectivity index (χ0n) is 30.7. The van der Waals surface area contributed by atoms with Crippen molar-refractivity contribution in [2.45, 2.75) is 0 Å². The standard InChI is InChI=1S/C54H37NO/c1-3-16-38(17-4-1)41-20-15-21-44(36-41)55(43-33-30-39(31-34-43)42-32-35-51-50-27-12-14-29-53(50)56-54(51)37-42)52-28-13-11-26-49(52)48-25-10-9-24-47(48)46-23-8-7-22-45(46)40-18-5-2-6-19-40/h1-37H. The van der Waals surface area contributed by atoms with Gasteiger partial charge in [0.2, 0.25) is 0 Å². The number of benzene rings is 9.